The van der Waals surface area contributed by atoms with Gasteiger partial charge in [-0.2, -0.15) is 0 Å². The molecule has 2 aromatic carbocycles. The second-order valence-corrected chi connectivity index (χ2v) is 5.77. The number of rotatable bonds is 5. The molecule has 2 aromatic rings. The molecule has 5 nitrogen and oxygen atoms in total. The zero-order chi connectivity index (χ0) is 16.9. The average molecular weight is 343 g/mol. The summed E-state index contributed by atoms with van der Waals surface area (Å²) in [6.07, 6.45) is 0. The number of thiocarbonyl (C=S) groups is 1. The zero-order valence-corrected chi connectivity index (χ0v) is 14.7. The van der Waals surface area contributed by atoms with Crippen molar-refractivity contribution in [2.75, 3.05) is 35.4 Å². The van der Waals surface area contributed by atoms with Gasteiger partial charge in [-0.25, -0.2) is 0 Å². The second kappa shape index (κ2) is 7.40. The van der Waals surface area contributed by atoms with E-state index in [2.05, 4.69) is 41.5 Å². The first kappa shape index (κ1) is 16.4. The smallest absolute Gasteiger partial charge is 0.231 e. The summed E-state index contributed by atoms with van der Waals surface area (Å²) in [5.74, 6) is 1.48. The van der Waals surface area contributed by atoms with Crippen molar-refractivity contribution in [3.63, 3.8) is 0 Å². The van der Waals surface area contributed by atoms with Gasteiger partial charge < -0.3 is 25.0 Å². The molecule has 0 aromatic heterocycles. The Morgan fingerprint density at radius 2 is 1.58 bits per heavy atom. The lowest BCUT2D eigenvalue weighted by Crippen LogP contribution is -2.22. The van der Waals surface area contributed by atoms with Crippen molar-refractivity contribution in [3.05, 3.63) is 42.5 Å². The molecule has 2 N–H and O–H groups in total. The third kappa shape index (κ3) is 3.71. The Morgan fingerprint density at radius 3 is 2.29 bits per heavy atom. The van der Waals surface area contributed by atoms with Crippen molar-refractivity contribution in [1.82, 2.24) is 0 Å². The topological polar surface area (TPSA) is 45.8 Å². The molecule has 24 heavy (non-hydrogen) atoms. The molecule has 0 amide bonds. The first-order valence-corrected chi connectivity index (χ1v) is 8.43. The fourth-order valence-electron chi connectivity index (χ4n) is 2.61. The van der Waals surface area contributed by atoms with Crippen molar-refractivity contribution >= 4 is 34.4 Å². The summed E-state index contributed by atoms with van der Waals surface area (Å²) >= 11 is 5.37. The monoisotopic (exact) mass is 343 g/mol. The van der Waals surface area contributed by atoms with Gasteiger partial charge in [0.25, 0.3) is 0 Å². The van der Waals surface area contributed by atoms with Gasteiger partial charge in [-0.1, -0.05) is 0 Å². The minimum absolute atomic E-state index is 0.264. The van der Waals surface area contributed by atoms with Crippen LogP contribution in [0.1, 0.15) is 13.8 Å². The Kier molecular flexibility index (Phi) is 5.05. The van der Waals surface area contributed by atoms with Crippen LogP contribution in [0.25, 0.3) is 0 Å². The molecule has 0 bridgehead atoms. The van der Waals surface area contributed by atoms with Gasteiger partial charge in [-0.3, -0.25) is 0 Å². The number of hydrogen-bond acceptors (Lipinski definition) is 4. The van der Waals surface area contributed by atoms with Crippen LogP contribution in [-0.2, 0) is 0 Å². The highest BCUT2D eigenvalue weighted by molar-refractivity contribution is 7.80. The van der Waals surface area contributed by atoms with E-state index in [9.17, 15) is 0 Å². The van der Waals surface area contributed by atoms with Gasteiger partial charge in [0.2, 0.25) is 6.79 Å². The largest absolute Gasteiger partial charge is 0.454 e. The number of benzene rings is 2. The molecule has 0 atom stereocenters. The summed E-state index contributed by atoms with van der Waals surface area (Å²) in [6, 6.07) is 13.9. The van der Waals surface area contributed by atoms with Gasteiger partial charge in [-0.05, 0) is 62.5 Å². The predicted octanol–water partition coefficient (Wildman–Crippen LogP) is 4.07. The molecular weight excluding hydrogens is 322 g/mol. The van der Waals surface area contributed by atoms with E-state index in [1.165, 1.54) is 5.69 Å². The SMILES string of the molecule is CCN(CC)c1ccc(NC(=S)Nc2ccc3c(c2)OCO3)cc1. The Hall–Kier alpha value is -2.47. The molecule has 0 saturated carbocycles. The van der Waals surface area contributed by atoms with Crippen molar-refractivity contribution in [3.8, 4) is 11.5 Å². The summed E-state index contributed by atoms with van der Waals surface area (Å²) in [4.78, 5) is 2.30. The van der Waals surface area contributed by atoms with E-state index < -0.39 is 0 Å². The van der Waals surface area contributed by atoms with Gasteiger partial charge in [0, 0.05) is 36.2 Å². The first-order valence-electron chi connectivity index (χ1n) is 8.02. The normalized spacial score (nSPS) is 11.9. The molecule has 1 heterocycles. The summed E-state index contributed by atoms with van der Waals surface area (Å²) in [6.45, 7) is 6.56. The van der Waals surface area contributed by atoms with Crippen LogP contribution in [0.2, 0.25) is 0 Å². The van der Waals surface area contributed by atoms with E-state index in [1.807, 2.05) is 30.3 Å². The fourth-order valence-corrected chi connectivity index (χ4v) is 2.85. The minimum Gasteiger partial charge on any atom is -0.454 e. The molecular formula is C18H21N3O2S. The maximum atomic E-state index is 5.37. The molecule has 0 spiro atoms. The number of anilines is 3. The highest BCUT2D eigenvalue weighted by Crippen LogP contribution is 2.34. The van der Waals surface area contributed by atoms with E-state index in [0.717, 1.165) is 36.0 Å². The Bertz CT molecular complexity index is 715. The van der Waals surface area contributed by atoms with Crippen LogP contribution in [0.4, 0.5) is 17.1 Å². The van der Waals surface area contributed by atoms with Crippen LogP contribution in [0, 0.1) is 0 Å². The molecule has 3 rings (SSSR count). The van der Waals surface area contributed by atoms with E-state index in [4.69, 9.17) is 21.7 Å². The highest BCUT2D eigenvalue weighted by atomic mass is 32.1. The third-order valence-corrected chi connectivity index (χ3v) is 4.09. The highest BCUT2D eigenvalue weighted by Gasteiger charge is 2.13. The Morgan fingerprint density at radius 1 is 0.958 bits per heavy atom. The molecule has 0 aliphatic carbocycles. The lowest BCUT2D eigenvalue weighted by molar-refractivity contribution is 0.174. The number of ether oxygens (including phenoxy) is 2. The van der Waals surface area contributed by atoms with E-state index in [0.29, 0.717) is 5.11 Å². The van der Waals surface area contributed by atoms with Crippen LogP contribution in [0.5, 0.6) is 11.5 Å². The van der Waals surface area contributed by atoms with E-state index in [1.54, 1.807) is 0 Å². The summed E-state index contributed by atoms with van der Waals surface area (Å²) in [5, 5.41) is 6.88. The number of nitrogens with one attached hydrogen (secondary N) is 2. The second-order valence-electron chi connectivity index (χ2n) is 5.37. The molecule has 0 fully saturated rings. The number of fused-ring (bicyclic) bond motifs is 1. The van der Waals surface area contributed by atoms with Crippen molar-refractivity contribution in [2.45, 2.75) is 13.8 Å². The predicted molar refractivity (Wildman–Crippen MR) is 102 cm³/mol. The van der Waals surface area contributed by atoms with Crippen molar-refractivity contribution < 1.29 is 9.47 Å². The van der Waals surface area contributed by atoms with Crippen LogP contribution in [-0.4, -0.2) is 25.0 Å². The molecule has 0 radical (unpaired) electrons. The van der Waals surface area contributed by atoms with Crippen LogP contribution < -0.4 is 25.0 Å². The van der Waals surface area contributed by atoms with Gasteiger partial charge in [0.05, 0.1) is 0 Å². The fraction of sp³-hybridized carbons (Fsp3) is 0.278. The maximum absolute atomic E-state index is 5.37. The van der Waals surface area contributed by atoms with Crippen molar-refractivity contribution in [2.24, 2.45) is 0 Å². The number of nitrogens with zero attached hydrogens (tertiary/aromatic N) is 1. The van der Waals surface area contributed by atoms with Crippen LogP contribution in [0.3, 0.4) is 0 Å². The third-order valence-electron chi connectivity index (χ3n) is 3.88. The summed E-state index contributed by atoms with van der Waals surface area (Å²) < 4.78 is 10.7. The minimum atomic E-state index is 0.264. The standard InChI is InChI=1S/C18H21N3O2S/c1-3-21(4-2)15-8-5-13(6-9-15)19-18(24)20-14-7-10-16-17(11-14)23-12-22-16/h5-11H,3-4,12H2,1-2H3,(H2,19,20,24). The molecule has 1 aliphatic heterocycles. The Labute approximate surface area is 147 Å². The summed E-state index contributed by atoms with van der Waals surface area (Å²) in [7, 11) is 0. The maximum Gasteiger partial charge on any atom is 0.231 e. The van der Waals surface area contributed by atoms with Gasteiger partial charge in [-0.15, -0.1) is 0 Å². The summed E-state index contributed by atoms with van der Waals surface area (Å²) in [5.41, 5.74) is 3.01. The van der Waals surface area contributed by atoms with Gasteiger partial charge >= 0.3 is 0 Å². The molecule has 1 aliphatic rings. The van der Waals surface area contributed by atoms with Gasteiger partial charge in [0.1, 0.15) is 0 Å². The quantitative estimate of drug-likeness (QED) is 0.798. The molecule has 0 saturated heterocycles. The van der Waals surface area contributed by atoms with Crippen LogP contribution >= 0.6 is 12.2 Å². The molecule has 6 heteroatoms. The van der Waals surface area contributed by atoms with E-state index >= 15 is 0 Å². The average Bonchev–Trinajstić information content (AvgIpc) is 3.05. The van der Waals surface area contributed by atoms with Crippen LogP contribution in [0.15, 0.2) is 42.5 Å². The van der Waals surface area contributed by atoms with Crippen molar-refractivity contribution in [1.29, 1.82) is 0 Å². The number of hydrogen-bond donors (Lipinski definition) is 2. The zero-order valence-electron chi connectivity index (χ0n) is 13.8. The Balaban J connectivity index is 1.60. The molecule has 126 valence electrons. The first-order chi connectivity index (χ1) is 11.7. The van der Waals surface area contributed by atoms with Gasteiger partial charge in [0.15, 0.2) is 16.6 Å². The lowest BCUT2D eigenvalue weighted by Gasteiger charge is -2.21. The molecule has 0 unspecified atom stereocenters. The lowest BCUT2D eigenvalue weighted by atomic mass is 10.2. The van der Waals surface area contributed by atoms with E-state index in [-0.39, 0.29) is 6.79 Å².